The number of aliphatic hydroxyl groups is 2. The van der Waals surface area contributed by atoms with Gasteiger partial charge in [0, 0.05) is 12.1 Å². The lowest BCUT2D eigenvalue weighted by Gasteiger charge is -2.33. The first-order valence-electron chi connectivity index (χ1n) is 7.00. The van der Waals surface area contributed by atoms with E-state index in [2.05, 4.69) is 5.32 Å². The summed E-state index contributed by atoms with van der Waals surface area (Å²) in [6.45, 7) is 0. The standard InChI is InChI=1S/C13H24N2O3/c14-8-3-1-4-9(7-8)15-13(18)10-5-2-6-11(16)12(10)17/h8-12,16-17H,1-7,14H2,(H,15,18). The molecule has 0 aromatic carbocycles. The summed E-state index contributed by atoms with van der Waals surface area (Å²) in [5.41, 5.74) is 5.89. The molecule has 2 saturated carbocycles. The Morgan fingerprint density at radius 3 is 2.56 bits per heavy atom. The number of aliphatic hydroxyl groups excluding tert-OH is 2. The Morgan fingerprint density at radius 1 is 1.11 bits per heavy atom. The van der Waals surface area contributed by atoms with E-state index < -0.39 is 18.1 Å². The van der Waals surface area contributed by atoms with Crippen molar-refractivity contribution < 1.29 is 15.0 Å². The topological polar surface area (TPSA) is 95.6 Å². The number of carbonyl (C=O) groups excluding carboxylic acids is 1. The summed E-state index contributed by atoms with van der Waals surface area (Å²) in [6, 6.07) is 0.304. The lowest BCUT2D eigenvalue weighted by atomic mass is 9.83. The van der Waals surface area contributed by atoms with Crippen molar-refractivity contribution in [3.05, 3.63) is 0 Å². The molecule has 18 heavy (non-hydrogen) atoms. The normalized spacial score (nSPS) is 41.4. The Labute approximate surface area is 108 Å². The lowest BCUT2D eigenvalue weighted by molar-refractivity contribution is -0.136. The zero-order valence-corrected chi connectivity index (χ0v) is 10.7. The van der Waals surface area contributed by atoms with Crippen LogP contribution >= 0.6 is 0 Å². The van der Waals surface area contributed by atoms with Crippen LogP contribution in [0.2, 0.25) is 0 Å². The fourth-order valence-electron chi connectivity index (χ4n) is 3.11. The van der Waals surface area contributed by atoms with Crippen molar-refractivity contribution in [3.63, 3.8) is 0 Å². The largest absolute Gasteiger partial charge is 0.390 e. The first-order chi connectivity index (χ1) is 8.58. The number of carbonyl (C=O) groups is 1. The van der Waals surface area contributed by atoms with Crippen molar-refractivity contribution in [1.82, 2.24) is 5.32 Å². The van der Waals surface area contributed by atoms with Crippen LogP contribution in [0.4, 0.5) is 0 Å². The smallest absolute Gasteiger partial charge is 0.226 e. The number of hydrogen-bond donors (Lipinski definition) is 4. The van der Waals surface area contributed by atoms with Gasteiger partial charge >= 0.3 is 0 Å². The summed E-state index contributed by atoms with van der Waals surface area (Å²) < 4.78 is 0. The third-order valence-electron chi connectivity index (χ3n) is 4.22. The van der Waals surface area contributed by atoms with Gasteiger partial charge in [0.05, 0.1) is 18.1 Å². The van der Waals surface area contributed by atoms with E-state index in [0.29, 0.717) is 12.8 Å². The highest BCUT2D eigenvalue weighted by Gasteiger charge is 2.36. The van der Waals surface area contributed by atoms with Crippen LogP contribution in [0.25, 0.3) is 0 Å². The molecule has 104 valence electrons. The molecule has 1 amide bonds. The predicted molar refractivity (Wildman–Crippen MR) is 67.7 cm³/mol. The monoisotopic (exact) mass is 256 g/mol. The minimum absolute atomic E-state index is 0.125. The minimum Gasteiger partial charge on any atom is -0.390 e. The van der Waals surface area contributed by atoms with Gasteiger partial charge < -0.3 is 21.3 Å². The zero-order chi connectivity index (χ0) is 13.1. The molecular weight excluding hydrogens is 232 g/mol. The zero-order valence-electron chi connectivity index (χ0n) is 10.7. The maximum absolute atomic E-state index is 12.1. The van der Waals surface area contributed by atoms with Gasteiger partial charge in [-0.3, -0.25) is 4.79 Å². The minimum atomic E-state index is -0.920. The van der Waals surface area contributed by atoms with E-state index in [1.165, 1.54) is 0 Å². The van der Waals surface area contributed by atoms with Crippen molar-refractivity contribution in [2.45, 2.75) is 69.2 Å². The molecule has 2 fully saturated rings. The van der Waals surface area contributed by atoms with Crippen LogP contribution in [-0.4, -0.2) is 40.4 Å². The molecule has 0 saturated heterocycles. The van der Waals surface area contributed by atoms with Gasteiger partial charge in [0.15, 0.2) is 0 Å². The van der Waals surface area contributed by atoms with Crippen LogP contribution in [0.3, 0.4) is 0 Å². The fraction of sp³-hybridized carbons (Fsp3) is 0.923. The van der Waals surface area contributed by atoms with E-state index >= 15 is 0 Å². The maximum atomic E-state index is 12.1. The van der Waals surface area contributed by atoms with Crippen LogP contribution in [0.5, 0.6) is 0 Å². The molecule has 0 radical (unpaired) electrons. The molecule has 0 aromatic heterocycles. The van der Waals surface area contributed by atoms with Crippen molar-refractivity contribution in [3.8, 4) is 0 Å². The Bertz CT molecular complexity index is 298. The predicted octanol–water partition coefficient (Wildman–Crippen LogP) is -0.106. The Kier molecular flexibility index (Phi) is 4.59. The Morgan fingerprint density at radius 2 is 1.83 bits per heavy atom. The molecule has 0 aliphatic heterocycles. The molecule has 0 spiro atoms. The summed E-state index contributed by atoms with van der Waals surface area (Å²) in [6.07, 6.45) is 4.20. The number of amides is 1. The second kappa shape index (κ2) is 5.99. The lowest BCUT2D eigenvalue weighted by Crippen LogP contribution is -2.50. The quantitative estimate of drug-likeness (QED) is 0.554. The van der Waals surface area contributed by atoms with Crippen molar-refractivity contribution in [2.75, 3.05) is 0 Å². The number of rotatable bonds is 2. The third-order valence-corrected chi connectivity index (χ3v) is 4.22. The van der Waals surface area contributed by atoms with Gasteiger partial charge in [-0.2, -0.15) is 0 Å². The molecule has 5 heteroatoms. The first-order valence-corrected chi connectivity index (χ1v) is 7.00. The molecule has 2 aliphatic rings. The van der Waals surface area contributed by atoms with E-state index in [4.69, 9.17) is 5.73 Å². The van der Waals surface area contributed by atoms with Gasteiger partial charge in [0.1, 0.15) is 0 Å². The number of nitrogens with two attached hydrogens (primary N) is 1. The molecule has 0 heterocycles. The van der Waals surface area contributed by atoms with Crippen molar-refractivity contribution in [2.24, 2.45) is 11.7 Å². The summed E-state index contributed by atoms with van der Waals surface area (Å²) in [4.78, 5) is 12.1. The molecule has 0 aromatic rings. The van der Waals surface area contributed by atoms with Gasteiger partial charge in [0.25, 0.3) is 0 Å². The second-order valence-corrected chi connectivity index (χ2v) is 5.73. The molecule has 5 N–H and O–H groups in total. The van der Waals surface area contributed by atoms with Crippen molar-refractivity contribution in [1.29, 1.82) is 0 Å². The molecule has 5 unspecified atom stereocenters. The third kappa shape index (κ3) is 3.22. The summed E-state index contributed by atoms with van der Waals surface area (Å²) in [7, 11) is 0. The van der Waals surface area contributed by atoms with E-state index in [-0.39, 0.29) is 18.0 Å². The van der Waals surface area contributed by atoms with Gasteiger partial charge in [0.2, 0.25) is 5.91 Å². The van der Waals surface area contributed by atoms with Crippen LogP contribution < -0.4 is 11.1 Å². The van der Waals surface area contributed by atoms with Crippen LogP contribution in [0, 0.1) is 5.92 Å². The van der Waals surface area contributed by atoms with Crippen molar-refractivity contribution >= 4 is 5.91 Å². The highest BCUT2D eigenvalue weighted by atomic mass is 16.3. The van der Waals surface area contributed by atoms with Gasteiger partial charge in [-0.05, 0) is 44.9 Å². The molecule has 2 rings (SSSR count). The highest BCUT2D eigenvalue weighted by molar-refractivity contribution is 5.79. The number of nitrogens with one attached hydrogen (secondary N) is 1. The van der Waals surface area contributed by atoms with Gasteiger partial charge in [-0.25, -0.2) is 0 Å². The maximum Gasteiger partial charge on any atom is 0.226 e. The molecule has 5 nitrogen and oxygen atoms in total. The summed E-state index contributed by atoms with van der Waals surface area (Å²) >= 11 is 0. The summed E-state index contributed by atoms with van der Waals surface area (Å²) in [5.74, 6) is -0.591. The average molecular weight is 256 g/mol. The van der Waals surface area contributed by atoms with E-state index in [1.54, 1.807) is 0 Å². The van der Waals surface area contributed by atoms with Gasteiger partial charge in [-0.1, -0.05) is 0 Å². The molecule has 5 atom stereocenters. The van der Waals surface area contributed by atoms with E-state index in [9.17, 15) is 15.0 Å². The highest BCUT2D eigenvalue weighted by Crippen LogP contribution is 2.26. The molecular formula is C13H24N2O3. The molecule has 0 bridgehead atoms. The van der Waals surface area contributed by atoms with Gasteiger partial charge in [-0.15, -0.1) is 0 Å². The summed E-state index contributed by atoms with van der Waals surface area (Å²) in [5, 5.41) is 22.4. The van der Waals surface area contributed by atoms with Crippen LogP contribution in [-0.2, 0) is 4.79 Å². The number of hydrogen-bond acceptors (Lipinski definition) is 4. The Balaban J connectivity index is 1.86. The second-order valence-electron chi connectivity index (χ2n) is 5.73. The molecule has 2 aliphatic carbocycles. The fourth-order valence-corrected chi connectivity index (χ4v) is 3.11. The average Bonchev–Trinajstić information content (AvgIpc) is 2.32. The van der Waals surface area contributed by atoms with E-state index in [1.807, 2.05) is 0 Å². The van der Waals surface area contributed by atoms with Crippen LogP contribution in [0.15, 0.2) is 0 Å². The van der Waals surface area contributed by atoms with E-state index in [0.717, 1.165) is 32.1 Å². The Hall–Kier alpha value is -0.650. The first kappa shape index (κ1) is 13.8. The van der Waals surface area contributed by atoms with Crippen LogP contribution in [0.1, 0.15) is 44.9 Å². The SMILES string of the molecule is NC1CCCC(NC(=O)C2CCCC(O)C2O)C1.